The van der Waals surface area contributed by atoms with Crippen molar-refractivity contribution in [1.82, 2.24) is 0 Å². The molecule has 110 valence electrons. The summed E-state index contributed by atoms with van der Waals surface area (Å²) in [6.07, 6.45) is 3.66. The van der Waals surface area contributed by atoms with Crippen molar-refractivity contribution in [3.05, 3.63) is 29.3 Å². The van der Waals surface area contributed by atoms with E-state index < -0.39 is 0 Å². The molecule has 0 spiro atoms. The van der Waals surface area contributed by atoms with Crippen LogP contribution in [0.5, 0.6) is 0 Å². The predicted molar refractivity (Wildman–Crippen MR) is 79.7 cm³/mol. The monoisotopic (exact) mass is 277 g/mol. The number of esters is 1. The van der Waals surface area contributed by atoms with Crippen LogP contribution in [0, 0.1) is 6.92 Å². The van der Waals surface area contributed by atoms with E-state index in [0.717, 1.165) is 17.7 Å². The molecule has 0 bridgehead atoms. The molecule has 1 aromatic carbocycles. The Morgan fingerprint density at radius 3 is 2.60 bits per heavy atom. The number of carbonyl (C=O) groups excluding carboxylic acids is 2. The third-order valence-corrected chi connectivity index (χ3v) is 3.17. The Morgan fingerprint density at radius 2 is 2.00 bits per heavy atom. The van der Waals surface area contributed by atoms with Gasteiger partial charge >= 0.3 is 5.97 Å². The molecule has 4 nitrogen and oxygen atoms in total. The van der Waals surface area contributed by atoms with Gasteiger partial charge in [0.05, 0.1) is 13.5 Å². The molecule has 1 rings (SSSR count). The number of nitrogens with one attached hydrogen (secondary N) is 1. The van der Waals surface area contributed by atoms with Gasteiger partial charge in [-0.3, -0.25) is 9.59 Å². The number of hydrogen-bond donors (Lipinski definition) is 1. The van der Waals surface area contributed by atoms with Gasteiger partial charge in [-0.15, -0.1) is 0 Å². The van der Waals surface area contributed by atoms with Crippen LogP contribution in [0.3, 0.4) is 0 Å². The van der Waals surface area contributed by atoms with Crippen LogP contribution >= 0.6 is 0 Å². The van der Waals surface area contributed by atoms with Gasteiger partial charge in [-0.2, -0.15) is 0 Å². The van der Waals surface area contributed by atoms with E-state index in [1.165, 1.54) is 25.5 Å². The molecule has 0 saturated carbocycles. The molecular weight excluding hydrogens is 254 g/mol. The van der Waals surface area contributed by atoms with E-state index in [9.17, 15) is 9.59 Å². The summed E-state index contributed by atoms with van der Waals surface area (Å²) in [5.74, 6) is -0.536. The second kappa shape index (κ2) is 8.35. The molecule has 4 heteroatoms. The quantitative estimate of drug-likeness (QED) is 0.778. The van der Waals surface area contributed by atoms with Crippen molar-refractivity contribution in [2.24, 2.45) is 0 Å². The summed E-state index contributed by atoms with van der Waals surface area (Å²) in [7, 11) is 1.32. The molecular formula is C16H23NO3. The molecule has 0 fully saturated rings. The summed E-state index contributed by atoms with van der Waals surface area (Å²) >= 11 is 0. The first-order chi connectivity index (χ1) is 9.56. The van der Waals surface area contributed by atoms with Gasteiger partial charge in [0, 0.05) is 12.1 Å². The minimum absolute atomic E-state index is 0.107. The fourth-order valence-corrected chi connectivity index (χ4v) is 1.93. The molecule has 1 N–H and O–H groups in total. The van der Waals surface area contributed by atoms with Crippen LogP contribution in [0.1, 0.15) is 43.7 Å². The summed E-state index contributed by atoms with van der Waals surface area (Å²) in [5.41, 5.74) is 3.14. The Morgan fingerprint density at radius 1 is 1.25 bits per heavy atom. The van der Waals surface area contributed by atoms with Gasteiger partial charge in [0.2, 0.25) is 5.91 Å². The maximum atomic E-state index is 11.7. The van der Waals surface area contributed by atoms with Gasteiger partial charge in [0.25, 0.3) is 0 Å². The number of aryl methyl sites for hydroxylation is 2. The van der Waals surface area contributed by atoms with Crippen molar-refractivity contribution in [1.29, 1.82) is 0 Å². The zero-order valence-corrected chi connectivity index (χ0v) is 12.5. The Kier molecular flexibility index (Phi) is 6.77. The number of anilines is 1. The standard InChI is InChI=1S/C16H23NO3/c1-4-5-6-13-7-8-14(12(2)11-13)17-15(18)9-10-16(19)20-3/h7-8,11H,4-6,9-10H2,1-3H3,(H,17,18). The molecule has 0 aliphatic carbocycles. The first-order valence-corrected chi connectivity index (χ1v) is 7.03. The maximum absolute atomic E-state index is 11.7. The van der Waals surface area contributed by atoms with Crippen molar-refractivity contribution in [2.45, 2.75) is 46.0 Å². The highest BCUT2D eigenvalue weighted by Gasteiger charge is 2.08. The summed E-state index contributed by atoms with van der Waals surface area (Å²) < 4.78 is 4.51. The van der Waals surface area contributed by atoms with Crippen LogP contribution in [-0.2, 0) is 20.7 Å². The van der Waals surface area contributed by atoms with Crippen LogP contribution in [0.25, 0.3) is 0 Å². The summed E-state index contributed by atoms with van der Waals surface area (Å²) in [5, 5.41) is 2.83. The molecule has 0 aliphatic heterocycles. The lowest BCUT2D eigenvalue weighted by Gasteiger charge is -2.10. The highest BCUT2D eigenvalue weighted by atomic mass is 16.5. The number of hydrogen-bond acceptors (Lipinski definition) is 3. The van der Waals surface area contributed by atoms with Crippen molar-refractivity contribution in [3.63, 3.8) is 0 Å². The van der Waals surface area contributed by atoms with E-state index in [4.69, 9.17) is 0 Å². The molecule has 1 aromatic rings. The average Bonchev–Trinajstić information content (AvgIpc) is 2.45. The van der Waals surface area contributed by atoms with Crippen LogP contribution in [0.15, 0.2) is 18.2 Å². The van der Waals surface area contributed by atoms with Crippen LogP contribution in [0.2, 0.25) is 0 Å². The number of benzene rings is 1. The minimum atomic E-state index is -0.369. The average molecular weight is 277 g/mol. The predicted octanol–water partition coefficient (Wildman–Crippen LogP) is 3.23. The molecule has 0 aliphatic rings. The zero-order valence-electron chi connectivity index (χ0n) is 12.5. The lowest BCUT2D eigenvalue weighted by Crippen LogP contribution is -2.14. The van der Waals surface area contributed by atoms with Crippen LogP contribution < -0.4 is 5.32 Å². The largest absolute Gasteiger partial charge is 0.469 e. The lowest BCUT2D eigenvalue weighted by atomic mass is 10.0. The van der Waals surface area contributed by atoms with Gasteiger partial charge in [0.1, 0.15) is 0 Å². The van der Waals surface area contributed by atoms with Crippen LogP contribution in [-0.4, -0.2) is 19.0 Å². The molecule has 0 saturated heterocycles. The summed E-state index contributed by atoms with van der Waals surface area (Å²) in [6.45, 7) is 4.15. The lowest BCUT2D eigenvalue weighted by molar-refractivity contribution is -0.141. The van der Waals surface area contributed by atoms with Crippen molar-refractivity contribution >= 4 is 17.6 Å². The number of rotatable bonds is 7. The maximum Gasteiger partial charge on any atom is 0.306 e. The Balaban J connectivity index is 2.55. The third kappa shape index (κ3) is 5.43. The molecule has 1 amide bonds. The molecule has 0 atom stereocenters. The van der Waals surface area contributed by atoms with E-state index in [0.29, 0.717) is 0 Å². The molecule has 0 heterocycles. The fraction of sp³-hybridized carbons (Fsp3) is 0.500. The number of ether oxygens (including phenoxy) is 1. The topological polar surface area (TPSA) is 55.4 Å². The zero-order chi connectivity index (χ0) is 15.0. The number of carbonyl (C=O) groups is 2. The first kappa shape index (κ1) is 16.2. The van der Waals surface area contributed by atoms with E-state index in [1.54, 1.807) is 0 Å². The fourth-order valence-electron chi connectivity index (χ4n) is 1.93. The molecule has 0 aromatic heterocycles. The normalized spacial score (nSPS) is 10.2. The van der Waals surface area contributed by atoms with Gasteiger partial charge in [-0.1, -0.05) is 25.5 Å². The molecule has 20 heavy (non-hydrogen) atoms. The smallest absolute Gasteiger partial charge is 0.306 e. The van der Waals surface area contributed by atoms with Crippen molar-refractivity contribution < 1.29 is 14.3 Å². The molecule has 0 unspecified atom stereocenters. The van der Waals surface area contributed by atoms with Gasteiger partial charge in [-0.25, -0.2) is 0 Å². The Hall–Kier alpha value is -1.84. The van der Waals surface area contributed by atoms with E-state index in [2.05, 4.69) is 23.0 Å². The summed E-state index contributed by atoms with van der Waals surface area (Å²) in [4.78, 5) is 22.7. The first-order valence-electron chi connectivity index (χ1n) is 7.03. The second-order valence-corrected chi connectivity index (χ2v) is 4.88. The highest BCUT2D eigenvalue weighted by molar-refractivity contribution is 5.93. The van der Waals surface area contributed by atoms with Crippen LogP contribution in [0.4, 0.5) is 5.69 Å². The third-order valence-electron chi connectivity index (χ3n) is 3.17. The highest BCUT2D eigenvalue weighted by Crippen LogP contribution is 2.18. The SMILES string of the molecule is CCCCc1ccc(NC(=O)CCC(=O)OC)c(C)c1. The molecule has 0 radical (unpaired) electrons. The van der Waals surface area contributed by atoms with Crippen molar-refractivity contribution in [3.8, 4) is 0 Å². The number of unbranched alkanes of at least 4 members (excludes halogenated alkanes) is 1. The Labute approximate surface area is 120 Å². The minimum Gasteiger partial charge on any atom is -0.469 e. The number of methoxy groups -OCH3 is 1. The van der Waals surface area contributed by atoms with E-state index in [1.807, 2.05) is 19.1 Å². The van der Waals surface area contributed by atoms with Gasteiger partial charge < -0.3 is 10.1 Å². The number of amides is 1. The summed E-state index contributed by atoms with van der Waals surface area (Å²) in [6, 6.07) is 6.07. The van der Waals surface area contributed by atoms with E-state index >= 15 is 0 Å². The van der Waals surface area contributed by atoms with E-state index in [-0.39, 0.29) is 24.7 Å². The second-order valence-electron chi connectivity index (χ2n) is 4.88. The van der Waals surface area contributed by atoms with Gasteiger partial charge in [-0.05, 0) is 37.0 Å². The Bertz CT molecular complexity index is 469. The van der Waals surface area contributed by atoms with Gasteiger partial charge in [0.15, 0.2) is 0 Å². The van der Waals surface area contributed by atoms with Crippen molar-refractivity contribution in [2.75, 3.05) is 12.4 Å².